The van der Waals surface area contributed by atoms with Crippen molar-refractivity contribution in [3.05, 3.63) is 40.5 Å². The van der Waals surface area contributed by atoms with Gasteiger partial charge >= 0.3 is 6.03 Å². The third-order valence-corrected chi connectivity index (χ3v) is 8.76. The molecule has 10 heteroatoms. The van der Waals surface area contributed by atoms with Crippen LogP contribution in [0.25, 0.3) is 0 Å². The molecule has 3 N–H and O–H groups in total. The number of fused-ring (bicyclic) bond motifs is 2. The fourth-order valence-corrected chi connectivity index (χ4v) is 7.20. The van der Waals surface area contributed by atoms with Crippen molar-refractivity contribution in [2.24, 2.45) is 4.36 Å². The summed E-state index contributed by atoms with van der Waals surface area (Å²) >= 11 is 1.00. The van der Waals surface area contributed by atoms with Gasteiger partial charge in [0.25, 0.3) is 0 Å². The van der Waals surface area contributed by atoms with Crippen molar-refractivity contribution in [3.8, 4) is 0 Å². The van der Waals surface area contributed by atoms with Gasteiger partial charge in [-0.2, -0.15) is 4.36 Å². The number of urea groups is 1. The number of amides is 2. The van der Waals surface area contributed by atoms with E-state index in [4.69, 9.17) is 4.78 Å². The van der Waals surface area contributed by atoms with E-state index in [-0.39, 0.29) is 4.21 Å². The Labute approximate surface area is 175 Å². The highest BCUT2D eigenvalue weighted by Crippen LogP contribution is 2.38. The summed E-state index contributed by atoms with van der Waals surface area (Å²) in [4.78, 5) is 12.7. The molecule has 0 saturated heterocycles. The number of benzene rings is 1. The zero-order valence-corrected chi connectivity index (χ0v) is 18.8. The maximum Gasteiger partial charge on any atom is 0.331 e. The van der Waals surface area contributed by atoms with Crippen LogP contribution in [0.1, 0.15) is 35.1 Å². The van der Waals surface area contributed by atoms with Crippen molar-refractivity contribution in [2.45, 2.75) is 42.7 Å². The molecule has 0 saturated carbocycles. The van der Waals surface area contributed by atoms with Gasteiger partial charge in [0.1, 0.15) is 9.21 Å². The number of aryl methyl sites for hydroxylation is 2. The van der Waals surface area contributed by atoms with Crippen molar-refractivity contribution in [1.82, 2.24) is 4.72 Å². The van der Waals surface area contributed by atoms with Gasteiger partial charge in [-0.05, 0) is 72.9 Å². The van der Waals surface area contributed by atoms with Crippen LogP contribution in [0.4, 0.5) is 15.5 Å². The number of carbonyl (C=O) groups is 1. The molecule has 1 aromatic heterocycles. The number of nitrogens with one attached hydrogen (secondary N) is 3. The second kappa shape index (κ2) is 7.41. The lowest BCUT2D eigenvalue weighted by molar-refractivity contribution is 0.256. The van der Waals surface area contributed by atoms with Crippen LogP contribution >= 0.6 is 11.3 Å². The predicted octanol–water partition coefficient (Wildman–Crippen LogP) is 4.23. The average Bonchev–Trinajstić information content (AvgIpc) is 3.31. The van der Waals surface area contributed by atoms with Crippen LogP contribution in [-0.4, -0.2) is 27.0 Å². The quantitative estimate of drug-likeness (QED) is 0.645. The molecule has 1 atom stereocenters. The molecule has 29 heavy (non-hydrogen) atoms. The lowest BCUT2D eigenvalue weighted by atomic mass is 9.99. The Morgan fingerprint density at radius 1 is 1.07 bits per heavy atom. The second-order valence-electron chi connectivity index (χ2n) is 7.71. The third-order valence-electron chi connectivity index (χ3n) is 5.11. The Hall–Kier alpha value is -1.91. The molecule has 4 rings (SSSR count). The van der Waals surface area contributed by atoms with Gasteiger partial charge < -0.3 is 5.32 Å². The monoisotopic (exact) mass is 452 g/mol. The molecule has 0 aliphatic heterocycles. The molecule has 1 unspecified atom stereocenters. The Morgan fingerprint density at radius 3 is 2.28 bits per heavy atom. The van der Waals surface area contributed by atoms with Gasteiger partial charge in [0.15, 0.2) is 9.92 Å². The minimum Gasteiger partial charge on any atom is -0.307 e. The topological polar surface area (TPSA) is 111 Å². The summed E-state index contributed by atoms with van der Waals surface area (Å²) in [6.07, 6.45) is 9.06. The number of hydrogen-bond donors (Lipinski definition) is 3. The number of hydrogen-bond acceptors (Lipinski definition) is 6. The van der Waals surface area contributed by atoms with Crippen molar-refractivity contribution in [2.75, 3.05) is 17.8 Å². The van der Waals surface area contributed by atoms with E-state index in [2.05, 4.69) is 20.5 Å². The summed E-state index contributed by atoms with van der Waals surface area (Å²) in [5, 5.41) is 3.33. The first-order valence-corrected chi connectivity index (χ1v) is 14.1. The molecule has 2 amide bonds. The van der Waals surface area contributed by atoms with E-state index in [1.807, 2.05) is 0 Å². The maximum absolute atomic E-state index is 12.8. The van der Waals surface area contributed by atoms with E-state index >= 15 is 0 Å². The summed E-state index contributed by atoms with van der Waals surface area (Å²) in [6, 6.07) is 4.69. The van der Waals surface area contributed by atoms with E-state index in [1.165, 1.54) is 40.8 Å². The lowest BCUT2D eigenvalue weighted by Crippen LogP contribution is -2.33. The van der Waals surface area contributed by atoms with Crippen molar-refractivity contribution >= 4 is 47.7 Å². The molecule has 2 aromatic rings. The predicted molar refractivity (Wildman–Crippen MR) is 118 cm³/mol. The van der Waals surface area contributed by atoms with Crippen LogP contribution in [0.5, 0.6) is 0 Å². The number of nitrogens with zero attached hydrogens (tertiary/aromatic N) is 1. The van der Waals surface area contributed by atoms with E-state index in [0.29, 0.717) is 5.00 Å². The SMILES string of the molecule is CS(C)(=O)=Nc1ccc(S(=N)(=O)NC(=O)Nc2c3c(cc4c2CCC4)CCC3)s1. The zero-order valence-electron chi connectivity index (χ0n) is 16.4. The third kappa shape index (κ3) is 4.34. The molecule has 7 nitrogen and oxygen atoms in total. The molecule has 0 fully saturated rings. The molecule has 2 aliphatic rings. The van der Waals surface area contributed by atoms with Crippen molar-refractivity contribution < 1.29 is 13.2 Å². The van der Waals surface area contributed by atoms with Crippen LogP contribution in [0.15, 0.2) is 26.8 Å². The molecule has 1 aromatic carbocycles. The molecular formula is C19H24N4O3S3. The Morgan fingerprint density at radius 2 is 1.69 bits per heavy atom. The first-order valence-electron chi connectivity index (χ1n) is 9.43. The van der Waals surface area contributed by atoms with E-state index in [1.54, 1.807) is 6.07 Å². The highest BCUT2D eigenvalue weighted by Gasteiger charge is 2.26. The number of rotatable bonds is 4. The van der Waals surface area contributed by atoms with Crippen LogP contribution in [0.3, 0.4) is 0 Å². The summed E-state index contributed by atoms with van der Waals surface area (Å²) in [5.41, 5.74) is 5.78. The molecule has 0 spiro atoms. The van der Waals surface area contributed by atoms with Gasteiger partial charge in [-0.15, -0.1) is 11.3 Å². The Kier molecular flexibility index (Phi) is 5.20. The normalized spacial score (nSPS) is 17.3. The highest BCUT2D eigenvalue weighted by molar-refractivity contribution is 7.93. The van der Waals surface area contributed by atoms with Gasteiger partial charge in [0, 0.05) is 27.9 Å². The molecule has 0 radical (unpaired) electrons. The number of anilines is 1. The van der Waals surface area contributed by atoms with E-state index in [0.717, 1.165) is 55.5 Å². The van der Waals surface area contributed by atoms with Gasteiger partial charge in [-0.3, -0.25) is 0 Å². The molecule has 1 heterocycles. The summed E-state index contributed by atoms with van der Waals surface area (Å²) in [5.74, 6) is 0. The van der Waals surface area contributed by atoms with E-state index < -0.39 is 25.7 Å². The molecule has 2 aliphatic carbocycles. The summed E-state index contributed by atoms with van der Waals surface area (Å²) in [7, 11) is -5.89. The van der Waals surface area contributed by atoms with Crippen molar-refractivity contribution in [3.63, 3.8) is 0 Å². The minimum atomic E-state index is -3.54. The summed E-state index contributed by atoms with van der Waals surface area (Å²) < 4.78 is 39.4. The molecule has 0 bridgehead atoms. The maximum atomic E-state index is 12.8. The summed E-state index contributed by atoms with van der Waals surface area (Å²) in [6.45, 7) is 0. The molecular weight excluding hydrogens is 428 g/mol. The number of thiophene rings is 1. The zero-order chi connectivity index (χ0) is 20.8. The first kappa shape index (κ1) is 20.4. The van der Waals surface area contributed by atoms with Crippen LogP contribution in [0, 0.1) is 4.78 Å². The first-order chi connectivity index (χ1) is 13.6. The van der Waals surface area contributed by atoms with Crippen LogP contribution in [0.2, 0.25) is 0 Å². The average molecular weight is 453 g/mol. The molecule has 156 valence electrons. The Bertz CT molecular complexity index is 1180. The standard InChI is InChI=1S/C19H24N4O3S3/c1-28(2,25)22-16-9-10-17(27-16)29(20,26)23-19(24)21-18-14-7-3-5-12(14)11-13-6-4-8-15(13)18/h9-11H,3-8H2,1-2H3,(H3,20,21,23,24,26). The fourth-order valence-electron chi connectivity index (χ4n) is 4.02. The van der Waals surface area contributed by atoms with Gasteiger partial charge in [0.2, 0.25) is 0 Å². The van der Waals surface area contributed by atoms with Crippen LogP contribution < -0.4 is 10.0 Å². The smallest absolute Gasteiger partial charge is 0.307 e. The second-order valence-corrected chi connectivity index (χ2v) is 13.3. The fraction of sp³-hybridized carbons (Fsp3) is 0.421. The number of carbonyl (C=O) groups excluding carboxylic acids is 1. The van der Waals surface area contributed by atoms with Gasteiger partial charge in [-0.25, -0.2) is 22.7 Å². The van der Waals surface area contributed by atoms with Gasteiger partial charge in [0.05, 0.1) is 0 Å². The van der Waals surface area contributed by atoms with E-state index in [9.17, 15) is 13.2 Å². The van der Waals surface area contributed by atoms with Gasteiger partial charge in [-0.1, -0.05) is 6.07 Å². The minimum absolute atomic E-state index is 0.179. The lowest BCUT2D eigenvalue weighted by Gasteiger charge is -2.17. The van der Waals surface area contributed by atoms with Crippen molar-refractivity contribution in [1.29, 1.82) is 4.78 Å². The largest absolute Gasteiger partial charge is 0.331 e. The highest BCUT2D eigenvalue weighted by atomic mass is 32.2. The van der Waals surface area contributed by atoms with Crippen LogP contribution in [-0.2, 0) is 45.3 Å². The Balaban J connectivity index is 1.56.